The summed E-state index contributed by atoms with van der Waals surface area (Å²) in [7, 11) is -1.32. The van der Waals surface area contributed by atoms with Gasteiger partial charge < -0.3 is 14.8 Å². The lowest BCUT2D eigenvalue weighted by Gasteiger charge is -2.32. The van der Waals surface area contributed by atoms with Gasteiger partial charge in [-0.05, 0) is 87.2 Å². The smallest absolute Gasteiger partial charge is 0.240 e. The molecule has 184 valence electrons. The molecule has 1 aromatic heterocycles. The number of fused-ring (bicyclic) bond motifs is 1. The molecule has 6 nitrogen and oxygen atoms in total. The van der Waals surface area contributed by atoms with Crippen LogP contribution in [0.3, 0.4) is 0 Å². The topological polar surface area (TPSA) is 68.4 Å². The van der Waals surface area contributed by atoms with Crippen molar-refractivity contribution in [1.29, 1.82) is 0 Å². The molecular weight excluding hydrogens is 468 g/mol. The first-order valence-electron chi connectivity index (χ1n) is 12.2. The number of aryl methyl sites for hydroxylation is 2. The predicted molar refractivity (Wildman–Crippen MR) is 140 cm³/mol. The Morgan fingerprint density at radius 2 is 1.74 bits per heavy atom. The van der Waals surface area contributed by atoms with Crippen molar-refractivity contribution < 1.29 is 8.42 Å². The second-order valence-corrected chi connectivity index (χ2v) is 11.5. The number of unbranched alkanes of at least 4 members (excludes halogenated alkanes) is 1. The van der Waals surface area contributed by atoms with Gasteiger partial charge in [-0.3, -0.25) is 0 Å². The number of aromatic amines is 1. The molecule has 0 radical (unpaired) electrons. The summed E-state index contributed by atoms with van der Waals surface area (Å²) < 4.78 is 28.1. The Hall–Kier alpha value is -1.90. The number of likely N-dealkylation sites (N-methyl/N-ethyl adjacent to an activating group) is 1. The van der Waals surface area contributed by atoms with Crippen LogP contribution in [0, 0.1) is 0 Å². The zero-order valence-corrected chi connectivity index (χ0v) is 21.5. The van der Waals surface area contributed by atoms with E-state index in [0.717, 1.165) is 68.5 Å². The van der Waals surface area contributed by atoms with E-state index in [0.29, 0.717) is 22.9 Å². The van der Waals surface area contributed by atoms with Crippen molar-refractivity contribution in [3.8, 4) is 0 Å². The van der Waals surface area contributed by atoms with E-state index >= 15 is 0 Å². The quantitative estimate of drug-likeness (QED) is 0.383. The molecule has 0 amide bonds. The highest BCUT2D eigenvalue weighted by molar-refractivity contribution is 7.89. The van der Waals surface area contributed by atoms with Crippen LogP contribution in [0.25, 0.3) is 10.9 Å². The molecule has 1 fully saturated rings. The van der Waals surface area contributed by atoms with Crippen molar-refractivity contribution in [2.75, 3.05) is 46.3 Å². The minimum atomic E-state index is -3.50. The molecular formula is C26H35ClN4O2S. The monoisotopic (exact) mass is 502 g/mol. The lowest BCUT2D eigenvalue weighted by Crippen LogP contribution is -2.44. The Bertz CT molecular complexity index is 1170. The average molecular weight is 503 g/mol. The maximum Gasteiger partial charge on any atom is 0.240 e. The summed E-state index contributed by atoms with van der Waals surface area (Å²) in [6.45, 7) is 6.17. The van der Waals surface area contributed by atoms with Crippen molar-refractivity contribution in [2.24, 2.45) is 0 Å². The summed E-state index contributed by atoms with van der Waals surface area (Å²) in [5.74, 6) is 0. The van der Waals surface area contributed by atoms with Crippen molar-refractivity contribution in [3.63, 3.8) is 0 Å². The summed E-state index contributed by atoms with van der Waals surface area (Å²) in [4.78, 5) is 8.48. The second kappa shape index (κ2) is 11.7. The van der Waals surface area contributed by atoms with Gasteiger partial charge in [0.15, 0.2) is 0 Å². The first-order valence-corrected chi connectivity index (χ1v) is 14.0. The molecule has 1 aliphatic heterocycles. The predicted octanol–water partition coefficient (Wildman–Crippen LogP) is 4.30. The standard InChI is InChI=1S/C26H35ClN4O2S/c1-30-15-17-31(18-16-30)14-3-2-5-21-7-10-24(11-8-21)34(32,33)29-13-4-6-22-20-28-26-12-9-23(27)19-25(22)26/h7-12,19-20,28-29H,2-6,13-18H2,1H3. The molecule has 2 N–H and O–H groups in total. The van der Waals surface area contributed by atoms with E-state index in [1.165, 1.54) is 12.0 Å². The number of H-pyrrole nitrogens is 1. The van der Waals surface area contributed by atoms with Crippen LogP contribution in [0.15, 0.2) is 53.6 Å². The molecule has 1 aliphatic rings. The van der Waals surface area contributed by atoms with E-state index in [-0.39, 0.29) is 0 Å². The highest BCUT2D eigenvalue weighted by atomic mass is 35.5. The summed E-state index contributed by atoms with van der Waals surface area (Å²) in [6.07, 6.45) is 6.74. The number of sulfonamides is 1. The molecule has 8 heteroatoms. The van der Waals surface area contributed by atoms with Crippen molar-refractivity contribution >= 4 is 32.5 Å². The van der Waals surface area contributed by atoms with Gasteiger partial charge in [0.25, 0.3) is 0 Å². The molecule has 0 unspecified atom stereocenters. The lowest BCUT2D eigenvalue weighted by atomic mass is 10.1. The van der Waals surface area contributed by atoms with Gasteiger partial charge in [0.1, 0.15) is 0 Å². The highest BCUT2D eigenvalue weighted by Gasteiger charge is 2.14. The van der Waals surface area contributed by atoms with Gasteiger partial charge in [-0.25, -0.2) is 13.1 Å². The summed E-state index contributed by atoms with van der Waals surface area (Å²) >= 11 is 6.11. The van der Waals surface area contributed by atoms with Crippen LogP contribution in [0.1, 0.15) is 30.4 Å². The average Bonchev–Trinajstić information content (AvgIpc) is 3.23. The Morgan fingerprint density at radius 1 is 0.971 bits per heavy atom. The van der Waals surface area contributed by atoms with E-state index in [4.69, 9.17) is 11.6 Å². The van der Waals surface area contributed by atoms with Crippen LogP contribution < -0.4 is 4.72 Å². The van der Waals surface area contributed by atoms with E-state index < -0.39 is 10.0 Å². The molecule has 0 aliphatic carbocycles. The highest BCUT2D eigenvalue weighted by Crippen LogP contribution is 2.23. The molecule has 0 atom stereocenters. The molecule has 2 heterocycles. The number of nitrogens with one attached hydrogen (secondary N) is 2. The summed E-state index contributed by atoms with van der Waals surface area (Å²) in [6, 6.07) is 13.1. The third-order valence-corrected chi connectivity index (χ3v) is 8.38. The maximum atomic E-state index is 12.7. The molecule has 1 saturated heterocycles. The van der Waals surface area contributed by atoms with Crippen molar-refractivity contribution in [1.82, 2.24) is 19.5 Å². The minimum absolute atomic E-state index is 0.326. The van der Waals surface area contributed by atoms with Gasteiger partial charge in [-0.1, -0.05) is 23.7 Å². The Labute approximate surface area is 208 Å². The SMILES string of the molecule is CN1CCN(CCCCc2ccc(S(=O)(=O)NCCCc3c[nH]c4ccc(Cl)cc34)cc2)CC1. The Kier molecular flexibility index (Phi) is 8.66. The number of piperazine rings is 1. The molecule has 4 rings (SSSR count). The summed E-state index contributed by atoms with van der Waals surface area (Å²) in [5.41, 5.74) is 3.38. The van der Waals surface area contributed by atoms with E-state index in [2.05, 4.69) is 26.6 Å². The Balaban J connectivity index is 1.19. The fraction of sp³-hybridized carbons (Fsp3) is 0.462. The second-order valence-electron chi connectivity index (χ2n) is 9.25. The van der Waals surface area contributed by atoms with Crippen molar-refractivity contribution in [3.05, 3.63) is 64.8 Å². The zero-order valence-electron chi connectivity index (χ0n) is 19.9. The van der Waals surface area contributed by atoms with Crippen LogP contribution in [-0.4, -0.2) is 69.5 Å². The van der Waals surface area contributed by atoms with Gasteiger partial charge in [-0.15, -0.1) is 0 Å². The fourth-order valence-corrected chi connectivity index (χ4v) is 5.74. The lowest BCUT2D eigenvalue weighted by molar-refractivity contribution is 0.152. The fourth-order valence-electron chi connectivity index (χ4n) is 4.50. The number of hydrogen-bond acceptors (Lipinski definition) is 4. The third kappa shape index (κ3) is 6.83. The maximum absolute atomic E-state index is 12.7. The number of rotatable bonds is 11. The molecule has 0 saturated carbocycles. The zero-order chi connectivity index (χ0) is 24.0. The minimum Gasteiger partial charge on any atom is -0.361 e. The van der Waals surface area contributed by atoms with E-state index in [9.17, 15) is 8.42 Å². The molecule has 3 aromatic rings. The van der Waals surface area contributed by atoms with Crippen LogP contribution in [0.2, 0.25) is 5.02 Å². The van der Waals surface area contributed by atoms with Gasteiger partial charge in [0.2, 0.25) is 10.0 Å². The molecule has 34 heavy (non-hydrogen) atoms. The number of nitrogens with zero attached hydrogens (tertiary/aromatic N) is 2. The number of halogens is 1. The van der Waals surface area contributed by atoms with Gasteiger partial charge in [0, 0.05) is 54.8 Å². The first-order chi connectivity index (χ1) is 16.4. The Morgan fingerprint density at radius 3 is 2.50 bits per heavy atom. The van der Waals surface area contributed by atoms with Crippen LogP contribution in [0.5, 0.6) is 0 Å². The molecule has 2 aromatic carbocycles. The normalized spacial score (nSPS) is 15.8. The third-order valence-electron chi connectivity index (χ3n) is 6.66. The van der Waals surface area contributed by atoms with Gasteiger partial charge in [-0.2, -0.15) is 0 Å². The van der Waals surface area contributed by atoms with E-state index in [1.54, 1.807) is 12.1 Å². The number of hydrogen-bond donors (Lipinski definition) is 2. The van der Waals surface area contributed by atoms with E-state index in [1.807, 2.05) is 36.5 Å². The van der Waals surface area contributed by atoms with Crippen LogP contribution in [-0.2, 0) is 22.9 Å². The number of aromatic nitrogens is 1. The van der Waals surface area contributed by atoms with Gasteiger partial charge >= 0.3 is 0 Å². The van der Waals surface area contributed by atoms with Crippen molar-refractivity contribution in [2.45, 2.75) is 37.0 Å². The molecule has 0 spiro atoms. The summed E-state index contributed by atoms with van der Waals surface area (Å²) in [5, 5.41) is 1.79. The largest absolute Gasteiger partial charge is 0.361 e. The first kappa shape index (κ1) is 25.2. The van der Waals surface area contributed by atoms with Crippen LogP contribution >= 0.6 is 11.6 Å². The number of benzene rings is 2. The molecule has 0 bridgehead atoms. The van der Waals surface area contributed by atoms with Crippen LogP contribution in [0.4, 0.5) is 0 Å². The van der Waals surface area contributed by atoms with Gasteiger partial charge in [0.05, 0.1) is 4.90 Å².